The Hall–Kier alpha value is -3.42. The fraction of sp³-hybridized carbons (Fsp3) is 0.417. The molecule has 0 unspecified atom stereocenters. The SMILES string of the molecule is Cc1cccc(NC(=O)N2CCN(c3ccc(-c4noc(C5CCCC5)n4)cn3)CC2)c1. The van der Waals surface area contributed by atoms with Crippen LogP contribution in [0.25, 0.3) is 11.4 Å². The van der Waals surface area contributed by atoms with Crippen molar-refractivity contribution in [1.82, 2.24) is 20.0 Å². The number of benzene rings is 1. The van der Waals surface area contributed by atoms with Gasteiger partial charge in [0.05, 0.1) is 0 Å². The molecule has 1 saturated heterocycles. The highest BCUT2D eigenvalue weighted by Gasteiger charge is 2.24. The van der Waals surface area contributed by atoms with Gasteiger partial charge in [-0.2, -0.15) is 4.98 Å². The second-order valence-corrected chi connectivity index (χ2v) is 8.62. The highest BCUT2D eigenvalue weighted by molar-refractivity contribution is 5.89. The molecule has 0 spiro atoms. The van der Waals surface area contributed by atoms with Crippen LogP contribution in [0.15, 0.2) is 47.1 Å². The molecule has 0 radical (unpaired) electrons. The quantitative estimate of drug-likeness (QED) is 0.655. The lowest BCUT2D eigenvalue weighted by atomic mass is 10.1. The van der Waals surface area contributed by atoms with Gasteiger partial charge in [-0.1, -0.05) is 30.1 Å². The van der Waals surface area contributed by atoms with E-state index in [-0.39, 0.29) is 6.03 Å². The van der Waals surface area contributed by atoms with Crippen LogP contribution >= 0.6 is 0 Å². The van der Waals surface area contributed by atoms with Gasteiger partial charge in [0.1, 0.15) is 5.82 Å². The molecular weight excluding hydrogens is 404 g/mol. The number of aromatic nitrogens is 3. The van der Waals surface area contributed by atoms with Gasteiger partial charge in [0.2, 0.25) is 11.7 Å². The number of aryl methyl sites for hydroxylation is 1. The maximum Gasteiger partial charge on any atom is 0.321 e. The van der Waals surface area contributed by atoms with Crippen LogP contribution in [0.5, 0.6) is 0 Å². The summed E-state index contributed by atoms with van der Waals surface area (Å²) < 4.78 is 5.49. The minimum Gasteiger partial charge on any atom is -0.353 e. The maximum absolute atomic E-state index is 12.6. The Morgan fingerprint density at radius 1 is 1.09 bits per heavy atom. The van der Waals surface area contributed by atoms with Crippen molar-refractivity contribution >= 4 is 17.5 Å². The first kappa shape index (κ1) is 20.5. The Labute approximate surface area is 187 Å². The lowest BCUT2D eigenvalue weighted by Crippen LogP contribution is -2.50. The van der Waals surface area contributed by atoms with E-state index in [1.807, 2.05) is 48.2 Å². The molecule has 0 atom stereocenters. The third-order valence-electron chi connectivity index (χ3n) is 6.31. The molecule has 8 heteroatoms. The lowest BCUT2D eigenvalue weighted by molar-refractivity contribution is 0.208. The second-order valence-electron chi connectivity index (χ2n) is 8.62. The van der Waals surface area contributed by atoms with E-state index in [0.29, 0.717) is 24.8 Å². The Balaban J connectivity index is 1.17. The summed E-state index contributed by atoms with van der Waals surface area (Å²) in [5.41, 5.74) is 2.81. The number of pyridine rings is 1. The highest BCUT2D eigenvalue weighted by Crippen LogP contribution is 2.34. The third kappa shape index (κ3) is 4.44. The first-order chi connectivity index (χ1) is 15.7. The van der Waals surface area contributed by atoms with E-state index < -0.39 is 0 Å². The van der Waals surface area contributed by atoms with Crippen molar-refractivity contribution in [2.75, 3.05) is 36.4 Å². The molecule has 2 fully saturated rings. The first-order valence-electron chi connectivity index (χ1n) is 11.3. The minimum atomic E-state index is -0.0614. The van der Waals surface area contributed by atoms with Crippen molar-refractivity contribution in [2.24, 2.45) is 0 Å². The summed E-state index contributed by atoms with van der Waals surface area (Å²) in [5, 5.41) is 7.14. The molecule has 3 aromatic rings. The van der Waals surface area contributed by atoms with Gasteiger partial charge in [0.25, 0.3) is 0 Å². The monoisotopic (exact) mass is 432 g/mol. The zero-order valence-electron chi connectivity index (χ0n) is 18.3. The summed E-state index contributed by atoms with van der Waals surface area (Å²) in [6.45, 7) is 4.79. The standard InChI is InChI=1S/C24H28N6O2/c1-17-5-4-8-20(15-17)26-24(31)30-13-11-29(12-14-30)21-10-9-19(16-25-21)22-27-23(32-28-22)18-6-2-3-7-18/h4-5,8-10,15-16,18H,2-3,6-7,11-14H2,1H3,(H,26,31). The summed E-state index contributed by atoms with van der Waals surface area (Å²) in [6, 6.07) is 11.8. The van der Waals surface area contributed by atoms with Crippen molar-refractivity contribution in [3.8, 4) is 11.4 Å². The molecule has 2 amide bonds. The summed E-state index contributed by atoms with van der Waals surface area (Å²) in [4.78, 5) is 25.8. The highest BCUT2D eigenvalue weighted by atomic mass is 16.5. The average molecular weight is 433 g/mol. The van der Waals surface area contributed by atoms with Crippen molar-refractivity contribution in [2.45, 2.75) is 38.5 Å². The first-order valence-corrected chi connectivity index (χ1v) is 11.3. The number of nitrogens with one attached hydrogen (secondary N) is 1. The van der Waals surface area contributed by atoms with Crippen LogP contribution in [0.4, 0.5) is 16.3 Å². The van der Waals surface area contributed by atoms with Crippen LogP contribution in [0.3, 0.4) is 0 Å². The molecule has 3 heterocycles. The summed E-state index contributed by atoms with van der Waals surface area (Å²) in [6.07, 6.45) is 6.54. The Bertz CT molecular complexity index is 1070. The van der Waals surface area contributed by atoms with Crippen LogP contribution < -0.4 is 10.2 Å². The Kier molecular flexibility index (Phi) is 5.75. The summed E-state index contributed by atoms with van der Waals surface area (Å²) in [7, 11) is 0. The van der Waals surface area contributed by atoms with Crippen molar-refractivity contribution in [1.29, 1.82) is 0 Å². The zero-order chi connectivity index (χ0) is 21.9. The van der Waals surface area contributed by atoms with Crippen LogP contribution in [-0.4, -0.2) is 52.2 Å². The van der Waals surface area contributed by atoms with E-state index in [9.17, 15) is 4.79 Å². The third-order valence-corrected chi connectivity index (χ3v) is 6.31. The summed E-state index contributed by atoms with van der Waals surface area (Å²) in [5.74, 6) is 2.65. The zero-order valence-corrected chi connectivity index (χ0v) is 18.3. The van der Waals surface area contributed by atoms with Gasteiger partial charge < -0.3 is 19.6 Å². The number of nitrogens with zero attached hydrogens (tertiary/aromatic N) is 5. The van der Waals surface area contributed by atoms with Gasteiger partial charge in [-0.15, -0.1) is 0 Å². The molecule has 1 aliphatic heterocycles. The Morgan fingerprint density at radius 2 is 1.91 bits per heavy atom. The molecule has 0 bridgehead atoms. The van der Waals surface area contributed by atoms with E-state index in [1.54, 1.807) is 6.20 Å². The number of piperazine rings is 1. The van der Waals surface area contributed by atoms with Crippen molar-refractivity contribution in [3.63, 3.8) is 0 Å². The fourth-order valence-electron chi connectivity index (χ4n) is 4.46. The van der Waals surface area contributed by atoms with E-state index in [0.717, 1.165) is 54.5 Å². The van der Waals surface area contributed by atoms with Crippen LogP contribution in [0.2, 0.25) is 0 Å². The van der Waals surface area contributed by atoms with E-state index in [4.69, 9.17) is 4.52 Å². The number of hydrogen-bond acceptors (Lipinski definition) is 6. The molecule has 32 heavy (non-hydrogen) atoms. The predicted molar refractivity (Wildman–Crippen MR) is 123 cm³/mol. The fourth-order valence-corrected chi connectivity index (χ4v) is 4.46. The molecule has 2 aliphatic rings. The minimum absolute atomic E-state index is 0.0614. The smallest absolute Gasteiger partial charge is 0.321 e. The van der Waals surface area contributed by atoms with Gasteiger partial charge in [-0.3, -0.25) is 0 Å². The molecule has 5 rings (SSSR count). The molecule has 1 saturated carbocycles. The number of carbonyl (C=O) groups is 1. The molecule has 1 N–H and O–H groups in total. The molecule has 2 aromatic heterocycles. The van der Waals surface area contributed by atoms with E-state index in [1.165, 1.54) is 12.8 Å². The molecule has 8 nitrogen and oxygen atoms in total. The topological polar surface area (TPSA) is 87.4 Å². The molecule has 166 valence electrons. The number of carbonyl (C=O) groups excluding carboxylic acids is 1. The van der Waals surface area contributed by atoms with E-state index in [2.05, 4.69) is 25.3 Å². The molecule has 1 aliphatic carbocycles. The van der Waals surface area contributed by atoms with Gasteiger partial charge >= 0.3 is 6.03 Å². The van der Waals surface area contributed by atoms with Gasteiger partial charge in [0, 0.05) is 49.5 Å². The van der Waals surface area contributed by atoms with Crippen LogP contribution in [0.1, 0.15) is 43.1 Å². The number of amides is 2. The normalized spacial score (nSPS) is 17.0. The Morgan fingerprint density at radius 3 is 2.62 bits per heavy atom. The van der Waals surface area contributed by atoms with Gasteiger partial charge in [0.15, 0.2) is 0 Å². The number of rotatable bonds is 4. The number of anilines is 2. The van der Waals surface area contributed by atoms with E-state index >= 15 is 0 Å². The second kappa shape index (κ2) is 8.98. The largest absolute Gasteiger partial charge is 0.353 e. The summed E-state index contributed by atoms with van der Waals surface area (Å²) >= 11 is 0. The molecular formula is C24H28N6O2. The van der Waals surface area contributed by atoms with Gasteiger partial charge in [-0.25, -0.2) is 9.78 Å². The maximum atomic E-state index is 12.6. The lowest BCUT2D eigenvalue weighted by Gasteiger charge is -2.35. The number of urea groups is 1. The van der Waals surface area contributed by atoms with Crippen molar-refractivity contribution in [3.05, 3.63) is 54.0 Å². The van der Waals surface area contributed by atoms with Gasteiger partial charge in [-0.05, 0) is 49.6 Å². The molecule has 1 aromatic carbocycles. The van der Waals surface area contributed by atoms with Crippen molar-refractivity contribution < 1.29 is 9.32 Å². The predicted octanol–water partition coefficient (Wildman–Crippen LogP) is 4.45. The van der Waals surface area contributed by atoms with Crippen LogP contribution in [-0.2, 0) is 0 Å². The van der Waals surface area contributed by atoms with Crippen LogP contribution in [0, 0.1) is 6.92 Å². The average Bonchev–Trinajstić information content (AvgIpc) is 3.52. The number of hydrogen-bond donors (Lipinski definition) is 1.